The van der Waals surface area contributed by atoms with E-state index in [0.717, 1.165) is 25.0 Å². The molecule has 7 nitrogen and oxygen atoms in total. The highest BCUT2D eigenvalue weighted by atomic mass is 32.2. The van der Waals surface area contributed by atoms with Gasteiger partial charge in [0.25, 0.3) is 0 Å². The molecule has 8 heteroatoms. The number of amides is 2. The summed E-state index contributed by atoms with van der Waals surface area (Å²) in [4.78, 5) is 12.4. The van der Waals surface area contributed by atoms with Crippen molar-refractivity contribution in [3.05, 3.63) is 54.6 Å². The van der Waals surface area contributed by atoms with Gasteiger partial charge in [0, 0.05) is 25.3 Å². The highest BCUT2D eigenvalue weighted by Gasteiger charge is 2.29. The fourth-order valence-electron chi connectivity index (χ4n) is 3.42. The molecule has 29 heavy (non-hydrogen) atoms. The third-order valence-corrected chi connectivity index (χ3v) is 7.05. The first-order valence-corrected chi connectivity index (χ1v) is 11.2. The van der Waals surface area contributed by atoms with Crippen LogP contribution >= 0.6 is 0 Å². The smallest absolute Gasteiger partial charge is 0.319 e. The molecule has 0 aromatic heterocycles. The summed E-state index contributed by atoms with van der Waals surface area (Å²) in [6.45, 7) is 1.58. The Morgan fingerprint density at radius 1 is 1.07 bits per heavy atom. The van der Waals surface area contributed by atoms with Gasteiger partial charge in [-0.3, -0.25) is 0 Å². The van der Waals surface area contributed by atoms with Crippen LogP contribution in [0, 0.1) is 5.92 Å². The number of methoxy groups -OCH3 is 1. The molecular weight excluding hydrogens is 390 g/mol. The van der Waals surface area contributed by atoms with Crippen molar-refractivity contribution in [2.75, 3.05) is 32.1 Å². The van der Waals surface area contributed by atoms with E-state index in [0.29, 0.717) is 36.1 Å². The molecule has 0 radical (unpaired) electrons. The zero-order chi connectivity index (χ0) is 20.7. The lowest BCUT2D eigenvalue weighted by atomic mass is 9.95. The van der Waals surface area contributed by atoms with E-state index in [2.05, 4.69) is 10.6 Å². The lowest BCUT2D eigenvalue weighted by molar-refractivity contribution is 0.245. The van der Waals surface area contributed by atoms with E-state index in [1.807, 2.05) is 6.07 Å². The van der Waals surface area contributed by atoms with Gasteiger partial charge in [0.05, 0.1) is 12.0 Å². The van der Waals surface area contributed by atoms with Crippen LogP contribution in [0.3, 0.4) is 0 Å². The maximum Gasteiger partial charge on any atom is 0.319 e. The average molecular weight is 418 g/mol. The Hall–Kier alpha value is -2.58. The summed E-state index contributed by atoms with van der Waals surface area (Å²) in [7, 11) is -1.82. The van der Waals surface area contributed by atoms with Crippen LogP contribution in [0.2, 0.25) is 0 Å². The molecule has 0 saturated carbocycles. The number of rotatable bonds is 7. The Kier molecular flexibility index (Phi) is 7.11. The standard InChI is InChI=1S/C21H27N3O4S/c1-28-19-9-7-18(8-10-19)23-21(25)22-14-11-17-12-15-24(16-13-17)29(26,27)20-5-3-2-4-6-20/h2-10,17H,11-16H2,1H3,(H2,22,23,25). The van der Waals surface area contributed by atoms with Crippen molar-refractivity contribution in [2.24, 2.45) is 5.92 Å². The molecule has 0 aliphatic carbocycles. The van der Waals surface area contributed by atoms with Crippen LogP contribution in [0.15, 0.2) is 59.5 Å². The quantitative estimate of drug-likeness (QED) is 0.724. The molecule has 1 fully saturated rings. The summed E-state index contributed by atoms with van der Waals surface area (Å²) >= 11 is 0. The largest absolute Gasteiger partial charge is 0.497 e. The van der Waals surface area contributed by atoms with E-state index in [1.165, 1.54) is 0 Å². The normalized spacial score (nSPS) is 15.6. The molecule has 1 aliphatic rings. The van der Waals surface area contributed by atoms with Crippen LogP contribution in [-0.4, -0.2) is 45.5 Å². The molecule has 0 unspecified atom stereocenters. The zero-order valence-corrected chi connectivity index (χ0v) is 17.3. The SMILES string of the molecule is COc1ccc(NC(=O)NCCC2CCN(S(=O)(=O)c3ccccc3)CC2)cc1. The molecule has 0 spiro atoms. The third-order valence-electron chi connectivity index (χ3n) is 5.14. The predicted molar refractivity (Wildman–Crippen MR) is 113 cm³/mol. The summed E-state index contributed by atoms with van der Waals surface area (Å²) in [6, 6.07) is 15.4. The molecule has 2 N–H and O–H groups in total. The van der Waals surface area contributed by atoms with Crippen LogP contribution in [-0.2, 0) is 10.0 Å². The average Bonchev–Trinajstić information content (AvgIpc) is 2.75. The number of nitrogens with one attached hydrogen (secondary N) is 2. The van der Waals surface area contributed by atoms with Crippen LogP contribution in [0.4, 0.5) is 10.5 Å². The van der Waals surface area contributed by atoms with E-state index < -0.39 is 10.0 Å². The second-order valence-electron chi connectivity index (χ2n) is 7.06. The molecule has 3 rings (SSSR count). The van der Waals surface area contributed by atoms with Crippen LogP contribution in [0.1, 0.15) is 19.3 Å². The van der Waals surface area contributed by atoms with E-state index in [-0.39, 0.29) is 6.03 Å². The number of carbonyl (C=O) groups is 1. The molecule has 2 amide bonds. The van der Waals surface area contributed by atoms with Gasteiger partial charge in [-0.15, -0.1) is 0 Å². The summed E-state index contributed by atoms with van der Waals surface area (Å²) in [5.41, 5.74) is 0.697. The Morgan fingerprint density at radius 2 is 1.72 bits per heavy atom. The van der Waals surface area contributed by atoms with Crippen LogP contribution in [0.5, 0.6) is 5.75 Å². The molecule has 1 heterocycles. The Bertz CT molecular complexity index is 893. The van der Waals surface area contributed by atoms with Crippen molar-refractivity contribution < 1.29 is 17.9 Å². The first-order valence-electron chi connectivity index (χ1n) is 9.73. The highest BCUT2D eigenvalue weighted by Crippen LogP contribution is 2.25. The maximum atomic E-state index is 12.7. The Balaban J connectivity index is 1.39. The third kappa shape index (κ3) is 5.71. The number of hydrogen-bond acceptors (Lipinski definition) is 4. The summed E-state index contributed by atoms with van der Waals surface area (Å²) in [6.07, 6.45) is 2.43. The summed E-state index contributed by atoms with van der Waals surface area (Å²) < 4.78 is 32.0. The van der Waals surface area contributed by atoms with Gasteiger partial charge in [0.1, 0.15) is 5.75 Å². The number of piperidine rings is 1. The van der Waals surface area contributed by atoms with Gasteiger partial charge >= 0.3 is 6.03 Å². The first-order chi connectivity index (χ1) is 14.0. The van der Waals surface area contributed by atoms with E-state index in [9.17, 15) is 13.2 Å². The van der Waals surface area contributed by atoms with Crippen molar-refractivity contribution in [3.8, 4) is 5.75 Å². The topological polar surface area (TPSA) is 87.7 Å². The highest BCUT2D eigenvalue weighted by molar-refractivity contribution is 7.89. The fourth-order valence-corrected chi connectivity index (χ4v) is 4.91. The van der Waals surface area contributed by atoms with Gasteiger partial charge in [0.2, 0.25) is 10.0 Å². The van der Waals surface area contributed by atoms with E-state index >= 15 is 0 Å². The number of nitrogens with zero attached hydrogens (tertiary/aromatic N) is 1. The monoisotopic (exact) mass is 417 g/mol. The van der Waals surface area contributed by atoms with Crippen molar-refractivity contribution in [1.82, 2.24) is 9.62 Å². The number of ether oxygens (including phenoxy) is 1. The lowest BCUT2D eigenvalue weighted by Crippen LogP contribution is -2.39. The zero-order valence-electron chi connectivity index (χ0n) is 16.5. The number of sulfonamides is 1. The number of urea groups is 1. The van der Waals surface area contributed by atoms with E-state index in [4.69, 9.17) is 4.74 Å². The van der Waals surface area contributed by atoms with Crippen LogP contribution in [0.25, 0.3) is 0 Å². The van der Waals surface area contributed by atoms with Crippen LogP contribution < -0.4 is 15.4 Å². The Labute approximate surface area is 172 Å². The second kappa shape index (κ2) is 9.76. The minimum Gasteiger partial charge on any atom is -0.497 e. The summed E-state index contributed by atoms with van der Waals surface area (Å²) in [5.74, 6) is 1.13. The number of carbonyl (C=O) groups excluding carboxylic acids is 1. The van der Waals surface area contributed by atoms with Gasteiger partial charge < -0.3 is 15.4 Å². The molecule has 0 bridgehead atoms. The lowest BCUT2D eigenvalue weighted by Gasteiger charge is -2.31. The van der Waals surface area contributed by atoms with Gasteiger partial charge in [-0.1, -0.05) is 18.2 Å². The molecule has 0 atom stereocenters. The second-order valence-corrected chi connectivity index (χ2v) is 9.00. The van der Waals surface area contributed by atoms with Gasteiger partial charge in [0.15, 0.2) is 0 Å². The first kappa shape index (κ1) is 21.1. The van der Waals surface area contributed by atoms with Gasteiger partial charge in [-0.05, 0) is 61.6 Å². The molecular formula is C21H27N3O4S. The van der Waals surface area contributed by atoms with E-state index in [1.54, 1.807) is 59.9 Å². The van der Waals surface area contributed by atoms with Crippen molar-refractivity contribution in [3.63, 3.8) is 0 Å². The predicted octanol–water partition coefficient (Wildman–Crippen LogP) is 3.31. The molecule has 1 aliphatic heterocycles. The van der Waals surface area contributed by atoms with Crippen molar-refractivity contribution in [2.45, 2.75) is 24.2 Å². The van der Waals surface area contributed by atoms with Crippen molar-refractivity contribution >= 4 is 21.7 Å². The minimum absolute atomic E-state index is 0.251. The van der Waals surface area contributed by atoms with Gasteiger partial charge in [-0.2, -0.15) is 4.31 Å². The maximum absolute atomic E-state index is 12.7. The molecule has 2 aromatic rings. The number of anilines is 1. The molecule has 156 valence electrons. The summed E-state index contributed by atoms with van der Waals surface area (Å²) in [5, 5.41) is 5.64. The number of benzene rings is 2. The molecule has 1 saturated heterocycles. The number of hydrogen-bond donors (Lipinski definition) is 2. The fraction of sp³-hybridized carbons (Fsp3) is 0.381. The van der Waals surface area contributed by atoms with Crippen molar-refractivity contribution in [1.29, 1.82) is 0 Å². The Morgan fingerprint density at radius 3 is 2.34 bits per heavy atom. The minimum atomic E-state index is -3.41. The van der Waals surface area contributed by atoms with Gasteiger partial charge in [-0.25, -0.2) is 13.2 Å². The molecule has 2 aromatic carbocycles.